The van der Waals surface area contributed by atoms with Gasteiger partial charge in [0.25, 0.3) is 0 Å². The van der Waals surface area contributed by atoms with E-state index in [1.54, 1.807) is 0 Å². The highest BCUT2D eigenvalue weighted by atomic mass is 16.7. The van der Waals surface area contributed by atoms with Gasteiger partial charge in [-0.3, -0.25) is 14.4 Å². The molecule has 0 amide bonds. The van der Waals surface area contributed by atoms with Gasteiger partial charge in [0.1, 0.15) is 97.7 Å². The van der Waals surface area contributed by atoms with Crippen molar-refractivity contribution in [2.24, 2.45) is 69.5 Å². The first-order valence-corrected chi connectivity index (χ1v) is 30.0. The Balaban J connectivity index is 1.12. The number of hydrogen-bond donors (Lipinski definition) is 17. The Hall–Kier alpha value is -1.83. The SMILES string of the molecule is O=C(C12CC3CC(CC(C3)C1)C2)C(O)(C1O[C@H](CO)[C@@H](O)[C@H](O)[C@H]1O)C1(O)O[C@H](C(O)(C2O[C@H](CO)[C@H](O)[C@H](O)[C@H]2O)C2O[C@H](CO)[C@H](O)[C@H](O)[C@H]2O)[C@](O)(C(=O)C23CC4CC(CC(C4)C2)C3)[C@@]1(O)C(=O)C12CC3CC(CC(C3)C1)C2. The third-order valence-corrected chi connectivity index (χ3v) is 24.2. The maximum absolute atomic E-state index is 17.3. The molecule has 4 heterocycles. The molecule has 24 nitrogen and oxygen atoms in total. The van der Waals surface area contributed by atoms with Crippen LogP contribution in [0, 0.1) is 69.5 Å². The Labute approximate surface area is 467 Å². The summed E-state index contributed by atoms with van der Waals surface area (Å²) in [6.45, 7) is -3.63. The van der Waals surface area contributed by atoms with Crippen molar-refractivity contribution in [2.75, 3.05) is 19.8 Å². The van der Waals surface area contributed by atoms with Crippen LogP contribution in [-0.2, 0) is 33.3 Å². The number of hydrogen-bond acceptors (Lipinski definition) is 24. The fourth-order valence-corrected chi connectivity index (χ4v) is 21.9. The minimum Gasteiger partial charge on any atom is -0.394 e. The summed E-state index contributed by atoms with van der Waals surface area (Å²) in [5.41, 5.74) is -22.7. The highest BCUT2D eigenvalue weighted by Gasteiger charge is 2.93. The molecule has 12 saturated carbocycles. The number of ether oxygens (including phenoxy) is 4. The second-order valence-corrected chi connectivity index (χ2v) is 29.1. The van der Waals surface area contributed by atoms with Gasteiger partial charge in [0, 0.05) is 16.2 Å². The lowest BCUT2D eigenvalue weighted by molar-refractivity contribution is -0.388. The van der Waals surface area contributed by atoms with Crippen molar-refractivity contribution >= 4 is 17.3 Å². The molecule has 16 fully saturated rings. The van der Waals surface area contributed by atoms with E-state index in [1.807, 2.05) is 0 Å². The summed E-state index contributed by atoms with van der Waals surface area (Å²) in [5.74, 6) is -10.9. The number of carbonyl (C=O) groups is 3. The number of ketones is 3. The zero-order valence-electron chi connectivity index (χ0n) is 45.2. The van der Waals surface area contributed by atoms with Crippen LogP contribution >= 0.6 is 0 Å². The summed E-state index contributed by atoms with van der Waals surface area (Å²) in [4.78, 5) is 51.6. The van der Waals surface area contributed by atoms with E-state index in [-0.39, 0.29) is 111 Å². The molecule has 0 spiro atoms. The van der Waals surface area contributed by atoms with Crippen LogP contribution in [0.2, 0.25) is 0 Å². The first-order chi connectivity index (χ1) is 38.1. The van der Waals surface area contributed by atoms with E-state index in [4.69, 9.17) is 18.9 Å². The van der Waals surface area contributed by atoms with Gasteiger partial charge >= 0.3 is 0 Å². The second kappa shape index (κ2) is 19.3. The summed E-state index contributed by atoms with van der Waals surface area (Å²) in [6.07, 6.45) is -34.7. The number of aliphatic hydroxyl groups excluding tert-OH is 12. The van der Waals surface area contributed by atoms with Crippen molar-refractivity contribution < 1.29 is 120 Å². The molecule has 0 radical (unpaired) electrons. The Morgan fingerprint density at radius 2 is 0.679 bits per heavy atom. The van der Waals surface area contributed by atoms with Crippen LogP contribution in [0.1, 0.15) is 116 Å². The number of rotatable bonds is 14. The maximum Gasteiger partial charge on any atom is 0.246 e. The Kier molecular flexibility index (Phi) is 13.9. The van der Waals surface area contributed by atoms with E-state index in [1.165, 1.54) is 0 Å². The topological polar surface area (TPSA) is 432 Å². The third-order valence-electron chi connectivity index (χ3n) is 24.2. The highest BCUT2D eigenvalue weighted by Crippen LogP contribution is 2.71. The molecule has 4 saturated heterocycles. The zero-order valence-corrected chi connectivity index (χ0v) is 45.2. The fraction of sp³-hybridized carbons (Fsp3) is 0.947. The number of aliphatic hydroxyl groups is 17. The quantitative estimate of drug-likeness (QED) is 0.0773. The molecule has 456 valence electrons. The van der Waals surface area contributed by atoms with Crippen molar-refractivity contribution in [3.63, 3.8) is 0 Å². The lowest BCUT2D eigenvalue weighted by Crippen LogP contribution is -2.86. The molecule has 17 N–H and O–H groups in total. The predicted molar refractivity (Wildman–Crippen MR) is 268 cm³/mol. The van der Waals surface area contributed by atoms with Gasteiger partial charge in [-0.25, -0.2) is 0 Å². The van der Waals surface area contributed by atoms with Crippen LogP contribution in [0.15, 0.2) is 0 Å². The minimum absolute atomic E-state index is 0.00950. The molecule has 16 aliphatic rings. The molecule has 4 aliphatic heterocycles. The summed E-state index contributed by atoms with van der Waals surface area (Å²) in [5, 5.41) is 212. The maximum atomic E-state index is 17.3. The van der Waals surface area contributed by atoms with Crippen molar-refractivity contribution in [1.29, 1.82) is 0 Å². The second-order valence-electron chi connectivity index (χ2n) is 29.1. The molecule has 20 atom stereocenters. The average Bonchev–Trinajstić information content (AvgIpc) is 2.18. The van der Waals surface area contributed by atoms with E-state index in [0.29, 0.717) is 57.8 Å². The summed E-state index contributed by atoms with van der Waals surface area (Å²) in [7, 11) is 0. The molecule has 81 heavy (non-hydrogen) atoms. The van der Waals surface area contributed by atoms with Crippen molar-refractivity contribution in [3.8, 4) is 0 Å². The average molecular weight is 1150 g/mol. The molecular weight excluding hydrogens is 1070 g/mol. The third kappa shape index (κ3) is 7.67. The highest BCUT2D eigenvalue weighted by molar-refractivity contribution is 6.08. The van der Waals surface area contributed by atoms with Crippen LogP contribution < -0.4 is 0 Å². The molecular formula is C57H84O24. The molecule has 5 unspecified atom stereocenters. The summed E-state index contributed by atoms with van der Waals surface area (Å²) < 4.78 is 25.0. The molecule has 12 aliphatic carbocycles. The van der Waals surface area contributed by atoms with Crippen LogP contribution in [0.3, 0.4) is 0 Å². The Bertz CT molecular complexity index is 2350. The largest absolute Gasteiger partial charge is 0.394 e. The van der Waals surface area contributed by atoms with Crippen LogP contribution in [0.5, 0.6) is 0 Å². The van der Waals surface area contributed by atoms with Gasteiger partial charge < -0.3 is 106 Å². The predicted octanol–water partition coefficient (Wildman–Crippen LogP) is -5.12. The molecule has 16 rings (SSSR count). The van der Waals surface area contributed by atoms with Crippen LogP contribution in [0.25, 0.3) is 0 Å². The van der Waals surface area contributed by atoms with E-state index in [2.05, 4.69) is 0 Å². The Morgan fingerprint density at radius 3 is 1.00 bits per heavy atom. The van der Waals surface area contributed by atoms with Gasteiger partial charge in [-0.05, 0) is 169 Å². The summed E-state index contributed by atoms with van der Waals surface area (Å²) in [6, 6.07) is 0. The van der Waals surface area contributed by atoms with Gasteiger partial charge in [0.15, 0.2) is 28.6 Å². The lowest BCUT2D eigenvalue weighted by atomic mass is 9.42. The molecule has 12 bridgehead atoms. The standard InChI is InChI=1S/C57H84O24/c58-19-31-34(61)37(64)40(67)43(78-31)53(73,44-41(68)38(65)35(62)32(20-59)79-44)49-55(75,47(71)51-13-25-4-26(14-51)6-27(5-25)15-51)56(76,48(72)52-16-28-7-29(17-52)9-30(8-28)18-52)57(77,81-49)54(74,45-42(69)39(66)36(63)33(21-60)80-45)46(70)50-10-22-1-23(11-50)3-24(2-22)12-50/h22-45,49,58-69,73-77H,1-21H2/t22?,23?,24?,25?,26?,27?,28?,29?,30?,31-,32-,33-,34+,35+,36-,37+,38+,39+,40-,41-,42-,43?,44?,45?,49-,50?,51?,52?,53?,54?,55-,56+,57?/m1/s1. The van der Waals surface area contributed by atoms with Gasteiger partial charge in [-0.15, -0.1) is 0 Å². The lowest BCUT2D eigenvalue weighted by Gasteiger charge is -2.63. The van der Waals surface area contributed by atoms with Gasteiger partial charge in [0.2, 0.25) is 17.0 Å². The first kappa shape index (κ1) is 58.2. The molecule has 0 aromatic rings. The molecule has 0 aromatic carbocycles. The number of carbonyl (C=O) groups excluding carboxylic acids is 3. The van der Waals surface area contributed by atoms with E-state index >= 15 is 24.6 Å². The normalized spacial score (nSPS) is 58.3. The Morgan fingerprint density at radius 1 is 0.395 bits per heavy atom. The number of Topliss-reactive ketones (excluding diaryl/α,β-unsaturated/α-hetero) is 3. The van der Waals surface area contributed by atoms with Gasteiger partial charge in [0.05, 0.1) is 19.8 Å². The minimum atomic E-state index is -4.68. The van der Waals surface area contributed by atoms with Crippen molar-refractivity contribution in [2.45, 2.75) is 241 Å². The smallest absolute Gasteiger partial charge is 0.246 e. The monoisotopic (exact) mass is 1150 g/mol. The van der Waals surface area contributed by atoms with Crippen LogP contribution in [-0.4, -0.2) is 250 Å². The zero-order chi connectivity index (χ0) is 57.8. The first-order valence-electron chi connectivity index (χ1n) is 30.0. The van der Waals surface area contributed by atoms with E-state index < -0.39 is 179 Å². The van der Waals surface area contributed by atoms with Crippen molar-refractivity contribution in [1.82, 2.24) is 0 Å². The van der Waals surface area contributed by atoms with Gasteiger partial charge in [-0.2, -0.15) is 0 Å². The van der Waals surface area contributed by atoms with E-state index in [9.17, 15) is 76.6 Å². The fourth-order valence-electron chi connectivity index (χ4n) is 21.9. The van der Waals surface area contributed by atoms with Crippen molar-refractivity contribution in [3.05, 3.63) is 0 Å². The summed E-state index contributed by atoms with van der Waals surface area (Å²) >= 11 is 0. The van der Waals surface area contributed by atoms with Gasteiger partial charge in [-0.1, -0.05) is 0 Å². The molecule has 0 aromatic heterocycles. The molecule has 24 heteroatoms. The van der Waals surface area contributed by atoms with Crippen LogP contribution in [0.4, 0.5) is 0 Å². The van der Waals surface area contributed by atoms with E-state index in [0.717, 1.165) is 0 Å².